The van der Waals surface area contributed by atoms with Gasteiger partial charge >= 0.3 is 5.97 Å². The van der Waals surface area contributed by atoms with Crippen molar-refractivity contribution in [3.05, 3.63) is 0 Å². The first-order chi connectivity index (χ1) is 9.23. The molecule has 0 atom stereocenters. The highest BCUT2D eigenvalue weighted by atomic mass is 16.4. The minimum Gasteiger partial charge on any atom is -0.480 e. The van der Waals surface area contributed by atoms with Crippen molar-refractivity contribution in [2.45, 2.75) is 95.1 Å². The standard InChI is InChI=1S/C16H29NO2/c18-15(19)16(17-14-10-11-14)12-8-6-4-2-1-3-5-7-9-13-16/h14,17H,1-13H2,(H,18,19). The van der Waals surface area contributed by atoms with Crippen LogP contribution in [0.15, 0.2) is 0 Å². The summed E-state index contributed by atoms with van der Waals surface area (Å²) in [5, 5.41) is 13.2. The van der Waals surface area contributed by atoms with Crippen LogP contribution in [0.1, 0.15) is 83.5 Å². The highest BCUT2D eigenvalue weighted by molar-refractivity contribution is 5.78. The quantitative estimate of drug-likeness (QED) is 0.816. The van der Waals surface area contributed by atoms with Gasteiger partial charge in [-0.25, -0.2) is 0 Å². The second-order valence-corrected chi connectivity index (χ2v) is 6.49. The van der Waals surface area contributed by atoms with Crippen molar-refractivity contribution in [2.24, 2.45) is 0 Å². The zero-order valence-corrected chi connectivity index (χ0v) is 12.1. The van der Waals surface area contributed by atoms with Crippen LogP contribution >= 0.6 is 0 Å². The highest BCUT2D eigenvalue weighted by Crippen LogP contribution is 2.30. The second-order valence-electron chi connectivity index (χ2n) is 6.49. The zero-order valence-electron chi connectivity index (χ0n) is 12.1. The average Bonchev–Trinajstić information content (AvgIpc) is 3.16. The summed E-state index contributed by atoms with van der Waals surface area (Å²) in [6.45, 7) is 0. The molecule has 0 aromatic rings. The van der Waals surface area contributed by atoms with Gasteiger partial charge in [-0.1, -0.05) is 57.8 Å². The molecule has 19 heavy (non-hydrogen) atoms. The summed E-state index contributed by atoms with van der Waals surface area (Å²) in [6.07, 6.45) is 15.1. The van der Waals surface area contributed by atoms with Crippen molar-refractivity contribution >= 4 is 5.97 Å². The maximum atomic E-state index is 11.8. The summed E-state index contributed by atoms with van der Waals surface area (Å²) >= 11 is 0. The fraction of sp³-hybridized carbons (Fsp3) is 0.938. The molecule has 0 spiro atoms. The van der Waals surface area contributed by atoms with Crippen molar-refractivity contribution in [3.63, 3.8) is 0 Å². The summed E-state index contributed by atoms with van der Waals surface area (Å²) in [5.41, 5.74) is -0.625. The molecular formula is C16H29NO2. The van der Waals surface area contributed by atoms with E-state index in [0.717, 1.165) is 38.5 Å². The predicted molar refractivity (Wildman–Crippen MR) is 77.3 cm³/mol. The van der Waals surface area contributed by atoms with Gasteiger partial charge in [-0.2, -0.15) is 0 Å². The molecule has 2 aliphatic carbocycles. The summed E-state index contributed by atoms with van der Waals surface area (Å²) in [7, 11) is 0. The third-order valence-electron chi connectivity index (χ3n) is 4.67. The van der Waals surface area contributed by atoms with Gasteiger partial charge in [0.15, 0.2) is 0 Å². The Balaban J connectivity index is 1.95. The van der Waals surface area contributed by atoms with Crippen molar-refractivity contribution in [1.82, 2.24) is 5.32 Å². The van der Waals surface area contributed by atoms with Gasteiger partial charge in [0, 0.05) is 6.04 Å². The average molecular weight is 267 g/mol. The molecule has 0 heterocycles. The van der Waals surface area contributed by atoms with E-state index in [0.29, 0.717) is 6.04 Å². The van der Waals surface area contributed by atoms with E-state index in [1.165, 1.54) is 44.9 Å². The molecule has 2 N–H and O–H groups in total. The van der Waals surface area contributed by atoms with Crippen LogP contribution in [-0.2, 0) is 4.79 Å². The van der Waals surface area contributed by atoms with Gasteiger partial charge in [0.1, 0.15) is 5.54 Å². The van der Waals surface area contributed by atoms with Gasteiger partial charge in [0.2, 0.25) is 0 Å². The number of carbonyl (C=O) groups is 1. The van der Waals surface area contributed by atoms with E-state index in [1.54, 1.807) is 0 Å². The fourth-order valence-electron chi connectivity index (χ4n) is 3.25. The molecule has 2 saturated carbocycles. The SMILES string of the molecule is O=C(O)C1(NC2CC2)CCCCCCCCCCC1. The van der Waals surface area contributed by atoms with E-state index in [-0.39, 0.29) is 0 Å². The number of hydrogen-bond acceptors (Lipinski definition) is 2. The molecule has 0 aliphatic heterocycles. The smallest absolute Gasteiger partial charge is 0.323 e. The monoisotopic (exact) mass is 267 g/mol. The Morgan fingerprint density at radius 1 is 0.842 bits per heavy atom. The van der Waals surface area contributed by atoms with E-state index in [1.807, 2.05) is 0 Å². The molecule has 3 nitrogen and oxygen atoms in total. The van der Waals surface area contributed by atoms with E-state index in [4.69, 9.17) is 0 Å². The Hall–Kier alpha value is -0.570. The van der Waals surface area contributed by atoms with Gasteiger partial charge in [0.05, 0.1) is 0 Å². The van der Waals surface area contributed by atoms with Crippen LogP contribution in [0, 0.1) is 0 Å². The van der Waals surface area contributed by atoms with Crippen LogP contribution in [0.4, 0.5) is 0 Å². The first kappa shape index (κ1) is 14.8. The van der Waals surface area contributed by atoms with Gasteiger partial charge in [-0.05, 0) is 25.7 Å². The minimum atomic E-state index is -0.625. The number of aliphatic carboxylic acids is 1. The lowest BCUT2D eigenvalue weighted by atomic mass is 9.85. The number of rotatable bonds is 3. The molecule has 0 amide bonds. The number of nitrogens with one attached hydrogen (secondary N) is 1. The topological polar surface area (TPSA) is 49.3 Å². The van der Waals surface area contributed by atoms with E-state index in [2.05, 4.69) is 5.32 Å². The number of carboxylic acid groups (broad SMARTS) is 1. The maximum Gasteiger partial charge on any atom is 0.323 e. The van der Waals surface area contributed by atoms with Gasteiger partial charge in [-0.3, -0.25) is 10.1 Å². The van der Waals surface area contributed by atoms with E-state index < -0.39 is 11.5 Å². The first-order valence-electron chi connectivity index (χ1n) is 8.24. The Kier molecular flexibility index (Phi) is 5.68. The van der Waals surface area contributed by atoms with E-state index in [9.17, 15) is 9.90 Å². The zero-order chi connectivity index (χ0) is 13.6. The summed E-state index contributed by atoms with van der Waals surface area (Å²) < 4.78 is 0. The molecule has 110 valence electrons. The molecule has 0 aromatic heterocycles. The van der Waals surface area contributed by atoms with Crippen LogP contribution in [0.25, 0.3) is 0 Å². The predicted octanol–water partition coefficient (Wildman–Crippen LogP) is 3.87. The van der Waals surface area contributed by atoms with Gasteiger partial charge in [-0.15, -0.1) is 0 Å². The van der Waals surface area contributed by atoms with Crippen molar-refractivity contribution in [1.29, 1.82) is 0 Å². The van der Waals surface area contributed by atoms with Crippen LogP contribution in [0.5, 0.6) is 0 Å². The first-order valence-corrected chi connectivity index (χ1v) is 8.24. The third kappa shape index (κ3) is 4.79. The van der Waals surface area contributed by atoms with Crippen LogP contribution in [0.2, 0.25) is 0 Å². The van der Waals surface area contributed by atoms with Gasteiger partial charge < -0.3 is 5.11 Å². The summed E-state index contributed by atoms with van der Waals surface area (Å²) in [5.74, 6) is -0.614. The van der Waals surface area contributed by atoms with E-state index >= 15 is 0 Å². The number of carboxylic acids is 1. The maximum absolute atomic E-state index is 11.8. The highest BCUT2D eigenvalue weighted by Gasteiger charge is 2.41. The fourth-order valence-corrected chi connectivity index (χ4v) is 3.25. The molecule has 0 aromatic carbocycles. The Morgan fingerprint density at radius 3 is 1.63 bits per heavy atom. The van der Waals surface area contributed by atoms with Crippen molar-refractivity contribution in [2.75, 3.05) is 0 Å². The molecule has 0 unspecified atom stereocenters. The van der Waals surface area contributed by atoms with Crippen LogP contribution in [0.3, 0.4) is 0 Å². The Morgan fingerprint density at radius 2 is 1.26 bits per heavy atom. The molecule has 3 heteroatoms. The normalized spacial score (nSPS) is 26.1. The van der Waals surface area contributed by atoms with Crippen LogP contribution in [-0.4, -0.2) is 22.7 Å². The second kappa shape index (κ2) is 7.28. The van der Waals surface area contributed by atoms with Crippen LogP contribution < -0.4 is 5.32 Å². The molecule has 0 bridgehead atoms. The molecule has 2 fully saturated rings. The minimum absolute atomic E-state index is 0.476. The molecule has 2 aliphatic rings. The number of hydrogen-bond donors (Lipinski definition) is 2. The van der Waals surface area contributed by atoms with Crippen molar-refractivity contribution < 1.29 is 9.90 Å². The third-order valence-corrected chi connectivity index (χ3v) is 4.67. The Labute approximate surface area is 117 Å². The molecule has 0 radical (unpaired) electrons. The lowest BCUT2D eigenvalue weighted by Crippen LogP contribution is -2.53. The lowest BCUT2D eigenvalue weighted by Gasteiger charge is -2.31. The van der Waals surface area contributed by atoms with Crippen molar-refractivity contribution in [3.8, 4) is 0 Å². The molecule has 2 rings (SSSR count). The summed E-state index contributed by atoms with van der Waals surface area (Å²) in [4.78, 5) is 11.8. The molecular weight excluding hydrogens is 238 g/mol. The summed E-state index contributed by atoms with van der Waals surface area (Å²) in [6, 6.07) is 0.476. The van der Waals surface area contributed by atoms with Gasteiger partial charge in [0.25, 0.3) is 0 Å². The largest absolute Gasteiger partial charge is 0.480 e. The molecule has 0 saturated heterocycles. The Bertz CT molecular complexity index is 274. The lowest BCUT2D eigenvalue weighted by molar-refractivity contribution is -0.146.